The molecule has 1 aliphatic heterocycles. The van der Waals surface area contributed by atoms with E-state index < -0.39 is 18.0 Å². The van der Waals surface area contributed by atoms with Gasteiger partial charge >= 0.3 is 6.09 Å². The molecule has 1 saturated heterocycles. The molecule has 1 N–H and O–H groups in total. The Labute approximate surface area is 182 Å². The number of hydrogen-bond acceptors (Lipinski definition) is 5. The standard InChI is InChI=1S/C22H20FN5O4/c1-15(29)24-11-19-13-27(22(30)32-19)18-7-8-21(20(23)10-18)26-12-16(25-14-26)5-6-17-4-2-3-9-28(17)31/h2-10,12,14,19H,11,13H2,1H3,(H,24,29)/b6-5+/t19-/m0/s1. The lowest BCUT2D eigenvalue weighted by molar-refractivity contribution is -0.607. The van der Waals surface area contributed by atoms with Crippen molar-refractivity contribution in [1.82, 2.24) is 14.9 Å². The average molecular weight is 437 g/mol. The van der Waals surface area contributed by atoms with Gasteiger partial charge in [0.05, 0.1) is 36.5 Å². The topological polar surface area (TPSA) is 103 Å². The second-order valence-corrected chi connectivity index (χ2v) is 7.18. The van der Waals surface area contributed by atoms with Crippen molar-refractivity contribution in [3.05, 3.63) is 77.5 Å². The van der Waals surface area contributed by atoms with E-state index in [0.717, 1.165) is 4.73 Å². The highest BCUT2D eigenvalue weighted by molar-refractivity contribution is 5.90. The summed E-state index contributed by atoms with van der Waals surface area (Å²) in [5.74, 6) is -0.769. The van der Waals surface area contributed by atoms with E-state index in [0.29, 0.717) is 17.1 Å². The summed E-state index contributed by atoms with van der Waals surface area (Å²) in [7, 11) is 0. The third-order valence-corrected chi connectivity index (χ3v) is 4.86. The lowest BCUT2D eigenvalue weighted by Crippen LogP contribution is -2.33. The minimum absolute atomic E-state index is 0.193. The van der Waals surface area contributed by atoms with Gasteiger partial charge in [0, 0.05) is 31.3 Å². The minimum Gasteiger partial charge on any atom is -0.618 e. The SMILES string of the molecule is CC(=O)NC[C@H]1CN(c2ccc(-n3cnc(/C=C/c4cccc[n+]4[O-])c3)c(F)c2)C(=O)O1. The fourth-order valence-electron chi connectivity index (χ4n) is 3.27. The zero-order valence-electron chi connectivity index (χ0n) is 17.1. The summed E-state index contributed by atoms with van der Waals surface area (Å²) < 4.78 is 22.3. The molecular weight excluding hydrogens is 417 g/mol. The Hall–Kier alpha value is -4.21. The highest BCUT2D eigenvalue weighted by Crippen LogP contribution is 2.25. The molecule has 32 heavy (non-hydrogen) atoms. The van der Waals surface area contributed by atoms with Gasteiger partial charge in [-0.3, -0.25) is 9.69 Å². The summed E-state index contributed by atoms with van der Waals surface area (Å²) in [6.45, 7) is 1.78. The molecule has 10 heteroatoms. The summed E-state index contributed by atoms with van der Waals surface area (Å²) in [6.07, 6.45) is 6.65. The molecular formula is C22H20FN5O4. The molecule has 0 bridgehead atoms. The van der Waals surface area contributed by atoms with Crippen LogP contribution in [-0.4, -0.2) is 40.7 Å². The third-order valence-electron chi connectivity index (χ3n) is 4.86. The van der Waals surface area contributed by atoms with Crippen molar-refractivity contribution in [2.24, 2.45) is 0 Å². The van der Waals surface area contributed by atoms with E-state index in [1.807, 2.05) is 0 Å². The van der Waals surface area contributed by atoms with Gasteiger partial charge in [0.15, 0.2) is 6.20 Å². The first-order valence-corrected chi connectivity index (χ1v) is 9.83. The molecule has 2 amide bonds. The van der Waals surface area contributed by atoms with E-state index in [2.05, 4.69) is 10.3 Å². The first-order chi connectivity index (χ1) is 15.4. The Morgan fingerprint density at radius 2 is 2.22 bits per heavy atom. The molecule has 1 fully saturated rings. The number of carbonyl (C=O) groups is 2. The molecule has 3 heterocycles. The number of anilines is 1. The van der Waals surface area contributed by atoms with E-state index >= 15 is 0 Å². The minimum atomic E-state index is -0.598. The van der Waals surface area contributed by atoms with Crippen LogP contribution in [0.3, 0.4) is 0 Å². The molecule has 0 radical (unpaired) electrons. The van der Waals surface area contributed by atoms with Crippen molar-refractivity contribution >= 4 is 29.8 Å². The highest BCUT2D eigenvalue weighted by Gasteiger charge is 2.32. The molecule has 0 aliphatic carbocycles. The number of benzene rings is 1. The molecule has 0 unspecified atom stereocenters. The number of cyclic esters (lactones) is 1. The van der Waals surface area contributed by atoms with Crippen molar-refractivity contribution in [1.29, 1.82) is 0 Å². The number of amides is 2. The summed E-state index contributed by atoms with van der Waals surface area (Å²) in [4.78, 5) is 28.7. The lowest BCUT2D eigenvalue weighted by Gasteiger charge is -2.14. The zero-order chi connectivity index (χ0) is 22.7. The summed E-state index contributed by atoms with van der Waals surface area (Å²) in [6, 6.07) is 9.45. The predicted octanol–water partition coefficient (Wildman–Crippen LogP) is 2.28. The van der Waals surface area contributed by atoms with Gasteiger partial charge in [-0.1, -0.05) is 0 Å². The van der Waals surface area contributed by atoms with Gasteiger partial charge in [-0.05, 0) is 30.3 Å². The number of aromatic nitrogens is 3. The van der Waals surface area contributed by atoms with Crippen LogP contribution in [0.4, 0.5) is 14.9 Å². The van der Waals surface area contributed by atoms with E-state index in [1.54, 1.807) is 42.6 Å². The molecule has 3 aromatic rings. The Balaban J connectivity index is 1.48. The number of ether oxygens (including phenoxy) is 1. The van der Waals surface area contributed by atoms with Gasteiger partial charge in [0.25, 0.3) is 0 Å². The maximum Gasteiger partial charge on any atom is 0.414 e. The molecule has 1 aromatic carbocycles. The number of pyridine rings is 1. The van der Waals surface area contributed by atoms with Crippen molar-refractivity contribution in [3.8, 4) is 5.69 Å². The Bertz CT molecular complexity index is 1190. The average Bonchev–Trinajstić information content (AvgIpc) is 3.38. The number of imidazole rings is 1. The molecule has 0 saturated carbocycles. The van der Waals surface area contributed by atoms with Crippen LogP contribution in [0.1, 0.15) is 18.3 Å². The number of nitrogens with zero attached hydrogens (tertiary/aromatic N) is 4. The van der Waals surface area contributed by atoms with Crippen molar-refractivity contribution in [3.63, 3.8) is 0 Å². The highest BCUT2D eigenvalue weighted by atomic mass is 19.1. The van der Waals surface area contributed by atoms with Crippen molar-refractivity contribution < 1.29 is 23.4 Å². The van der Waals surface area contributed by atoms with Crippen LogP contribution in [0.5, 0.6) is 0 Å². The van der Waals surface area contributed by atoms with E-state index in [1.165, 1.54) is 41.0 Å². The molecule has 2 aromatic heterocycles. The fourth-order valence-corrected chi connectivity index (χ4v) is 3.27. The van der Waals surface area contributed by atoms with Gasteiger partial charge in [-0.2, -0.15) is 4.73 Å². The van der Waals surface area contributed by atoms with E-state index in [9.17, 15) is 19.2 Å². The monoisotopic (exact) mass is 437 g/mol. The maximum absolute atomic E-state index is 14.8. The third kappa shape index (κ3) is 4.59. The molecule has 1 aliphatic rings. The van der Waals surface area contributed by atoms with Crippen LogP contribution >= 0.6 is 0 Å². The summed E-state index contributed by atoms with van der Waals surface area (Å²) >= 11 is 0. The molecule has 1 atom stereocenters. The van der Waals surface area contributed by atoms with Crippen LogP contribution in [0.2, 0.25) is 0 Å². The number of hydrogen-bond donors (Lipinski definition) is 1. The van der Waals surface area contributed by atoms with Gasteiger partial charge in [-0.25, -0.2) is 14.2 Å². The molecule has 9 nitrogen and oxygen atoms in total. The first-order valence-electron chi connectivity index (χ1n) is 9.83. The fraction of sp³-hybridized carbons (Fsp3) is 0.182. The predicted molar refractivity (Wildman–Crippen MR) is 114 cm³/mol. The second kappa shape index (κ2) is 8.88. The van der Waals surface area contributed by atoms with Gasteiger partial charge in [0.2, 0.25) is 11.6 Å². The molecule has 0 spiro atoms. The smallest absolute Gasteiger partial charge is 0.414 e. The van der Waals surface area contributed by atoms with Crippen molar-refractivity contribution in [2.45, 2.75) is 13.0 Å². The Kier molecular flexibility index (Phi) is 5.84. The number of nitrogens with one attached hydrogen (secondary N) is 1. The molecule has 4 rings (SSSR count). The lowest BCUT2D eigenvalue weighted by atomic mass is 10.2. The zero-order valence-corrected chi connectivity index (χ0v) is 17.1. The number of carbonyl (C=O) groups excluding carboxylic acids is 2. The van der Waals surface area contributed by atoms with Crippen LogP contribution in [0.15, 0.2) is 55.1 Å². The Morgan fingerprint density at radius 3 is 2.97 bits per heavy atom. The van der Waals surface area contributed by atoms with Crippen LogP contribution in [-0.2, 0) is 9.53 Å². The quantitative estimate of drug-likeness (QED) is 0.471. The first kappa shape index (κ1) is 21.0. The maximum atomic E-state index is 14.8. The van der Waals surface area contributed by atoms with Gasteiger partial charge in [0.1, 0.15) is 11.9 Å². The summed E-state index contributed by atoms with van der Waals surface area (Å²) in [5.41, 5.74) is 1.60. The van der Waals surface area contributed by atoms with E-state index in [-0.39, 0.29) is 24.7 Å². The normalized spacial score (nSPS) is 15.9. The van der Waals surface area contributed by atoms with Crippen LogP contribution < -0.4 is 14.9 Å². The van der Waals surface area contributed by atoms with Gasteiger partial charge in [-0.15, -0.1) is 0 Å². The Morgan fingerprint density at radius 1 is 1.38 bits per heavy atom. The molecule has 164 valence electrons. The van der Waals surface area contributed by atoms with Crippen molar-refractivity contribution in [2.75, 3.05) is 18.0 Å². The van der Waals surface area contributed by atoms with E-state index in [4.69, 9.17) is 4.74 Å². The van der Waals surface area contributed by atoms with Crippen LogP contribution in [0, 0.1) is 11.0 Å². The second-order valence-electron chi connectivity index (χ2n) is 7.18. The van der Waals surface area contributed by atoms with Crippen LogP contribution in [0.25, 0.3) is 17.8 Å². The van der Waals surface area contributed by atoms with Gasteiger partial charge < -0.3 is 19.8 Å². The number of halogens is 1. The largest absolute Gasteiger partial charge is 0.618 e. The number of rotatable bonds is 6. The summed E-state index contributed by atoms with van der Waals surface area (Å²) in [5, 5.41) is 14.3.